The van der Waals surface area contributed by atoms with E-state index < -0.39 is 0 Å². The van der Waals surface area contributed by atoms with Gasteiger partial charge in [0.05, 0.1) is 5.69 Å². The number of hydrogen-bond donors (Lipinski definition) is 0. The van der Waals surface area contributed by atoms with E-state index in [0.29, 0.717) is 12.0 Å². The number of likely N-dealkylation sites (N-methyl/N-ethyl adjacent to an activating group) is 1. The van der Waals surface area contributed by atoms with E-state index in [4.69, 9.17) is 4.98 Å². The topological polar surface area (TPSA) is 75.3 Å². The number of aromatic nitrogens is 6. The minimum Gasteiger partial charge on any atom is -0.352 e. The van der Waals surface area contributed by atoms with Gasteiger partial charge in [0.25, 0.3) is 0 Å². The Balaban J connectivity index is 1.21. The SMILES string of the molecule is Cc1nnc2ccc(N3CC(N(C)Cc4ccnc(C5CCC5)n4)C3)nn12. The summed E-state index contributed by atoms with van der Waals surface area (Å²) < 4.78 is 1.80. The molecule has 0 atom stereocenters. The number of hydrogen-bond acceptors (Lipinski definition) is 7. The standard InChI is InChI=1S/C19H24N8/c1-13-22-23-17-6-7-18(24-27(13)17)26-11-16(12-26)25(2)10-15-8-9-20-19(21-15)14-4-3-5-14/h6-9,14,16H,3-5,10-12H2,1-2H3. The monoisotopic (exact) mass is 364 g/mol. The second kappa shape index (κ2) is 6.53. The predicted molar refractivity (Wildman–Crippen MR) is 102 cm³/mol. The van der Waals surface area contributed by atoms with Gasteiger partial charge >= 0.3 is 0 Å². The largest absolute Gasteiger partial charge is 0.352 e. The number of anilines is 1. The van der Waals surface area contributed by atoms with Crippen molar-refractivity contribution in [1.82, 2.24) is 34.7 Å². The lowest BCUT2D eigenvalue weighted by Gasteiger charge is -2.44. The maximum absolute atomic E-state index is 4.79. The zero-order chi connectivity index (χ0) is 18.4. The maximum atomic E-state index is 4.79. The highest BCUT2D eigenvalue weighted by atomic mass is 15.4. The molecule has 1 aliphatic heterocycles. The van der Waals surface area contributed by atoms with Gasteiger partial charge in [0, 0.05) is 37.8 Å². The molecule has 1 saturated heterocycles. The van der Waals surface area contributed by atoms with Gasteiger partial charge < -0.3 is 4.90 Å². The van der Waals surface area contributed by atoms with E-state index in [2.05, 4.69) is 37.1 Å². The Morgan fingerprint density at radius 3 is 2.78 bits per heavy atom. The third kappa shape index (κ3) is 3.03. The van der Waals surface area contributed by atoms with E-state index in [1.807, 2.05) is 31.3 Å². The van der Waals surface area contributed by atoms with Gasteiger partial charge in [-0.05, 0) is 45.0 Å². The summed E-state index contributed by atoms with van der Waals surface area (Å²) in [4.78, 5) is 13.9. The van der Waals surface area contributed by atoms with Crippen LogP contribution in [0.4, 0.5) is 5.82 Å². The van der Waals surface area contributed by atoms with E-state index in [0.717, 1.165) is 48.4 Å². The van der Waals surface area contributed by atoms with E-state index in [9.17, 15) is 0 Å². The van der Waals surface area contributed by atoms with E-state index in [-0.39, 0.29) is 0 Å². The van der Waals surface area contributed by atoms with Crippen LogP contribution in [0, 0.1) is 6.92 Å². The van der Waals surface area contributed by atoms with Gasteiger partial charge in [0.15, 0.2) is 11.5 Å². The van der Waals surface area contributed by atoms with Crippen LogP contribution < -0.4 is 4.90 Å². The highest BCUT2D eigenvalue weighted by molar-refractivity contribution is 5.47. The third-order valence-corrected chi connectivity index (χ3v) is 5.83. The molecule has 4 heterocycles. The zero-order valence-corrected chi connectivity index (χ0v) is 15.8. The van der Waals surface area contributed by atoms with Crippen LogP contribution in [-0.4, -0.2) is 60.9 Å². The van der Waals surface area contributed by atoms with Crippen molar-refractivity contribution in [2.75, 3.05) is 25.0 Å². The summed E-state index contributed by atoms with van der Waals surface area (Å²) in [5.74, 6) is 3.40. The van der Waals surface area contributed by atoms with Crippen LogP contribution in [0.5, 0.6) is 0 Å². The molecule has 0 radical (unpaired) electrons. The first kappa shape index (κ1) is 16.6. The Hall–Kier alpha value is -2.61. The minimum absolute atomic E-state index is 0.506. The van der Waals surface area contributed by atoms with Crippen LogP contribution in [-0.2, 0) is 6.54 Å². The molecule has 3 aromatic heterocycles. The van der Waals surface area contributed by atoms with Gasteiger partial charge in [0.2, 0.25) is 0 Å². The molecule has 0 aromatic carbocycles. The van der Waals surface area contributed by atoms with Crippen molar-refractivity contribution in [2.45, 2.75) is 44.7 Å². The van der Waals surface area contributed by atoms with Crippen LogP contribution >= 0.6 is 0 Å². The fourth-order valence-electron chi connectivity index (χ4n) is 3.73. The Morgan fingerprint density at radius 2 is 2.00 bits per heavy atom. The van der Waals surface area contributed by atoms with Crippen molar-refractivity contribution < 1.29 is 0 Å². The predicted octanol–water partition coefficient (Wildman–Crippen LogP) is 1.81. The smallest absolute Gasteiger partial charge is 0.178 e. The molecule has 1 aliphatic carbocycles. The molecule has 0 spiro atoms. The molecule has 3 aromatic rings. The molecule has 0 amide bonds. The summed E-state index contributed by atoms with van der Waals surface area (Å²) in [6.07, 6.45) is 5.70. The molecule has 0 N–H and O–H groups in total. The van der Waals surface area contributed by atoms with Crippen LogP contribution in [0.1, 0.15) is 42.5 Å². The number of aryl methyl sites for hydroxylation is 1. The lowest BCUT2D eigenvalue weighted by atomic mass is 9.85. The van der Waals surface area contributed by atoms with Crippen molar-refractivity contribution in [3.63, 3.8) is 0 Å². The third-order valence-electron chi connectivity index (χ3n) is 5.83. The van der Waals surface area contributed by atoms with Gasteiger partial charge in [-0.3, -0.25) is 4.90 Å². The quantitative estimate of drug-likeness (QED) is 0.683. The molecule has 2 fully saturated rings. The Labute approximate surface area is 158 Å². The zero-order valence-electron chi connectivity index (χ0n) is 15.8. The normalized spacial score (nSPS) is 18.1. The molecule has 5 rings (SSSR count). The highest BCUT2D eigenvalue weighted by Gasteiger charge is 2.31. The molecular formula is C19H24N8. The second-order valence-electron chi connectivity index (χ2n) is 7.72. The van der Waals surface area contributed by atoms with Crippen molar-refractivity contribution in [3.05, 3.63) is 41.7 Å². The molecule has 8 heteroatoms. The van der Waals surface area contributed by atoms with Crippen LogP contribution in [0.15, 0.2) is 24.4 Å². The highest BCUT2D eigenvalue weighted by Crippen LogP contribution is 2.34. The lowest BCUT2D eigenvalue weighted by molar-refractivity contribution is 0.194. The second-order valence-corrected chi connectivity index (χ2v) is 7.72. The average molecular weight is 364 g/mol. The first-order valence-electron chi connectivity index (χ1n) is 9.63. The van der Waals surface area contributed by atoms with Gasteiger partial charge in [0.1, 0.15) is 11.6 Å². The molecule has 27 heavy (non-hydrogen) atoms. The summed E-state index contributed by atoms with van der Waals surface area (Å²) in [5, 5.41) is 12.8. The first-order chi connectivity index (χ1) is 13.2. The van der Waals surface area contributed by atoms with E-state index in [1.165, 1.54) is 19.3 Å². The van der Waals surface area contributed by atoms with Gasteiger partial charge in [-0.25, -0.2) is 9.97 Å². The van der Waals surface area contributed by atoms with Crippen LogP contribution in [0.25, 0.3) is 5.65 Å². The average Bonchev–Trinajstić information content (AvgIpc) is 2.93. The lowest BCUT2D eigenvalue weighted by Crippen LogP contribution is -2.58. The summed E-state index contributed by atoms with van der Waals surface area (Å²) in [7, 11) is 2.17. The fourth-order valence-corrected chi connectivity index (χ4v) is 3.73. The molecule has 140 valence electrons. The summed E-state index contributed by atoms with van der Waals surface area (Å²) in [6.45, 7) is 4.72. The fraction of sp³-hybridized carbons (Fsp3) is 0.526. The number of nitrogens with zero attached hydrogens (tertiary/aromatic N) is 8. The summed E-state index contributed by atoms with van der Waals surface area (Å²) in [5.41, 5.74) is 1.91. The summed E-state index contributed by atoms with van der Waals surface area (Å²) >= 11 is 0. The molecule has 0 bridgehead atoms. The molecule has 2 aliphatic rings. The molecule has 8 nitrogen and oxygen atoms in total. The van der Waals surface area contributed by atoms with E-state index >= 15 is 0 Å². The first-order valence-corrected chi connectivity index (χ1v) is 9.63. The van der Waals surface area contributed by atoms with E-state index in [1.54, 1.807) is 4.52 Å². The minimum atomic E-state index is 0.506. The Kier molecular flexibility index (Phi) is 4.00. The Bertz CT molecular complexity index is 957. The molecular weight excluding hydrogens is 340 g/mol. The van der Waals surface area contributed by atoms with Gasteiger partial charge in [-0.15, -0.1) is 15.3 Å². The number of fused-ring (bicyclic) bond motifs is 1. The van der Waals surface area contributed by atoms with Crippen molar-refractivity contribution in [3.8, 4) is 0 Å². The molecule has 1 saturated carbocycles. The van der Waals surface area contributed by atoms with Crippen molar-refractivity contribution >= 4 is 11.5 Å². The number of rotatable bonds is 5. The van der Waals surface area contributed by atoms with Crippen LogP contribution in [0.3, 0.4) is 0 Å². The van der Waals surface area contributed by atoms with Crippen LogP contribution in [0.2, 0.25) is 0 Å². The van der Waals surface area contributed by atoms with Crippen molar-refractivity contribution in [2.24, 2.45) is 0 Å². The summed E-state index contributed by atoms with van der Waals surface area (Å²) in [6, 6.07) is 6.54. The van der Waals surface area contributed by atoms with Gasteiger partial charge in [-0.2, -0.15) is 4.52 Å². The van der Waals surface area contributed by atoms with Crippen molar-refractivity contribution in [1.29, 1.82) is 0 Å². The van der Waals surface area contributed by atoms with Gasteiger partial charge in [-0.1, -0.05) is 6.42 Å². The maximum Gasteiger partial charge on any atom is 0.178 e. The Morgan fingerprint density at radius 1 is 1.15 bits per heavy atom. The molecule has 0 unspecified atom stereocenters.